The Balaban J connectivity index is 1.55. The van der Waals surface area contributed by atoms with Gasteiger partial charge in [0.05, 0.1) is 0 Å². The van der Waals surface area contributed by atoms with Crippen molar-refractivity contribution in [1.29, 1.82) is 0 Å². The van der Waals surface area contributed by atoms with Crippen molar-refractivity contribution in [3.63, 3.8) is 0 Å². The molecular formula is C28H34BrNOSi. The Labute approximate surface area is 202 Å². The van der Waals surface area contributed by atoms with Crippen LogP contribution in [-0.2, 0) is 11.0 Å². The highest BCUT2D eigenvalue weighted by atomic mass is 79.9. The van der Waals surface area contributed by atoms with Crippen molar-refractivity contribution in [2.75, 3.05) is 13.1 Å². The molecule has 0 aromatic heterocycles. The molecule has 0 radical (unpaired) electrons. The molecule has 3 aromatic rings. The van der Waals surface area contributed by atoms with Crippen LogP contribution in [0.4, 0.5) is 0 Å². The van der Waals surface area contributed by atoms with Crippen LogP contribution in [0.15, 0.2) is 89.4 Å². The van der Waals surface area contributed by atoms with Crippen LogP contribution in [0.5, 0.6) is 0 Å². The third-order valence-corrected chi connectivity index (χ3v) is 12.2. The third-order valence-electron chi connectivity index (χ3n) is 6.61. The van der Waals surface area contributed by atoms with E-state index in [4.69, 9.17) is 4.43 Å². The van der Waals surface area contributed by atoms with Crippen LogP contribution in [0.25, 0.3) is 0 Å². The molecule has 4 heteroatoms. The SMILES string of the molecule is CC(C)(C)[Si](OC1CCN(Cc2ccc(Br)cc2)CC1)(c1ccccc1)c1ccccc1. The number of benzene rings is 3. The van der Waals surface area contributed by atoms with E-state index in [1.54, 1.807) is 0 Å². The maximum atomic E-state index is 7.34. The zero-order valence-corrected chi connectivity index (χ0v) is 22.0. The molecule has 2 nitrogen and oxygen atoms in total. The first kappa shape index (κ1) is 23.4. The lowest BCUT2D eigenvalue weighted by molar-refractivity contribution is 0.0895. The Bertz CT molecular complexity index is 938. The second-order valence-corrected chi connectivity index (χ2v) is 15.1. The van der Waals surface area contributed by atoms with Crippen LogP contribution in [0.2, 0.25) is 5.04 Å². The van der Waals surface area contributed by atoms with Crippen LogP contribution in [-0.4, -0.2) is 32.4 Å². The number of hydrogen-bond donors (Lipinski definition) is 0. The van der Waals surface area contributed by atoms with Gasteiger partial charge in [0, 0.05) is 30.2 Å². The summed E-state index contributed by atoms with van der Waals surface area (Å²) in [5, 5.41) is 2.77. The highest BCUT2D eigenvalue weighted by molar-refractivity contribution is 9.10. The van der Waals surface area contributed by atoms with E-state index in [9.17, 15) is 0 Å². The Morgan fingerprint density at radius 1 is 0.812 bits per heavy atom. The summed E-state index contributed by atoms with van der Waals surface area (Å²) in [4.78, 5) is 2.56. The van der Waals surface area contributed by atoms with Crippen LogP contribution < -0.4 is 10.4 Å². The largest absolute Gasteiger partial charge is 0.404 e. The summed E-state index contributed by atoms with van der Waals surface area (Å²) in [6.07, 6.45) is 2.46. The van der Waals surface area contributed by atoms with Gasteiger partial charge in [-0.05, 0) is 45.9 Å². The van der Waals surface area contributed by atoms with Gasteiger partial charge in [-0.3, -0.25) is 4.90 Å². The lowest BCUT2D eigenvalue weighted by Gasteiger charge is -2.46. The number of likely N-dealkylation sites (tertiary alicyclic amines) is 1. The molecule has 1 fully saturated rings. The summed E-state index contributed by atoms with van der Waals surface area (Å²) in [5.74, 6) is 0. The predicted molar refractivity (Wildman–Crippen MR) is 141 cm³/mol. The fourth-order valence-corrected chi connectivity index (χ4v) is 9.99. The molecule has 168 valence electrons. The summed E-state index contributed by atoms with van der Waals surface area (Å²) in [7, 11) is -2.46. The highest BCUT2D eigenvalue weighted by Crippen LogP contribution is 2.38. The van der Waals surface area contributed by atoms with Crippen molar-refractivity contribution < 1.29 is 4.43 Å². The lowest BCUT2D eigenvalue weighted by atomic mass is 10.1. The van der Waals surface area contributed by atoms with E-state index in [-0.39, 0.29) is 5.04 Å². The summed E-state index contributed by atoms with van der Waals surface area (Å²) in [5.41, 5.74) is 1.37. The molecule has 0 unspecified atom stereocenters. The van der Waals surface area contributed by atoms with Crippen LogP contribution in [0.1, 0.15) is 39.2 Å². The first-order valence-corrected chi connectivity index (χ1v) is 14.3. The van der Waals surface area contributed by atoms with Gasteiger partial charge >= 0.3 is 0 Å². The van der Waals surface area contributed by atoms with E-state index in [1.165, 1.54) is 15.9 Å². The van der Waals surface area contributed by atoms with Crippen molar-refractivity contribution in [2.24, 2.45) is 0 Å². The number of halogens is 1. The van der Waals surface area contributed by atoms with E-state index >= 15 is 0 Å². The second kappa shape index (κ2) is 10.0. The van der Waals surface area contributed by atoms with E-state index in [2.05, 4.69) is 127 Å². The number of nitrogens with zero attached hydrogens (tertiary/aromatic N) is 1. The summed E-state index contributed by atoms with van der Waals surface area (Å²) in [6, 6.07) is 30.7. The molecule has 1 aliphatic heterocycles. The minimum absolute atomic E-state index is 0.0320. The lowest BCUT2D eigenvalue weighted by Crippen LogP contribution is -2.68. The molecule has 0 aliphatic carbocycles. The van der Waals surface area contributed by atoms with Gasteiger partial charge in [0.2, 0.25) is 0 Å². The molecule has 32 heavy (non-hydrogen) atoms. The molecule has 1 saturated heterocycles. The maximum Gasteiger partial charge on any atom is 0.261 e. The second-order valence-electron chi connectivity index (χ2n) is 9.88. The molecule has 4 rings (SSSR count). The van der Waals surface area contributed by atoms with E-state index in [1.807, 2.05) is 0 Å². The third kappa shape index (κ3) is 5.09. The summed E-state index contributed by atoms with van der Waals surface area (Å²) >= 11 is 3.53. The molecule has 0 bridgehead atoms. The minimum Gasteiger partial charge on any atom is -0.404 e. The fraction of sp³-hybridized carbons (Fsp3) is 0.357. The van der Waals surface area contributed by atoms with E-state index in [0.29, 0.717) is 6.10 Å². The maximum absolute atomic E-state index is 7.34. The zero-order valence-electron chi connectivity index (χ0n) is 19.4. The van der Waals surface area contributed by atoms with E-state index < -0.39 is 8.32 Å². The van der Waals surface area contributed by atoms with Crippen LogP contribution in [0.3, 0.4) is 0 Å². The zero-order chi connectivity index (χ0) is 22.6. The van der Waals surface area contributed by atoms with Gasteiger partial charge in [-0.2, -0.15) is 0 Å². The van der Waals surface area contributed by atoms with Crippen LogP contribution in [0, 0.1) is 0 Å². The molecule has 0 atom stereocenters. The number of piperidine rings is 1. The number of rotatable bonds is 6. The molecule has 0 N–H and O–H groups in total. The average Bonchev–Trinajstić information content (AvgIpc) is 2.80. The molecule has 0 spiro atoms. The van der Waals surface area contributed by atoms with Gasteiger partial charge < -0.3 is 4.43 Å². The highest BCUT2D eigenvalue weighted by Gasteiger charge is 2.51. The Morgan fingerprint density at radius 2 is 1.31 bits per heavy atom. The van der Waals surface area contributed by atoms with Gasteiger partial charge in [0.25, 0.3) is 8.32 Å². The van der Waals surface area contributed by atoms with Gasteiger partial charge in [0.15, 0.2) is 0 Å². The van der Waals surface area contributed by atoms with Crippen molar-refractivity contribution in [3.05, 3.63) is 95.0 Å². The number of hydrogen-bond acceptors (Lipinski definition) is 2. The van der Waals surface area contributed by atoms with Gasteiger partial charge in [0.1, 0.15) is 0 Å². The topological polar surface area (TPSA) is 12.5 Å². The first-order chi connectivity index (χ1) is 15.4. The standard InChI is InChI=1S/C28H34BrNOSi/c1-28(2,3)32(26-10-6-4-7-11-26,27-12-8-5-9-13-27)31-25-18-20-30(21-19-25)22-23-14-16-24(29)17-15-23/h4-17,25H,18-22H2,1-3H3. The molecular weight excluding hydrogens is 474 g/mol. The normalized spacial score (nSPS) is 16.2. The van der Waals surface area contributed by atoms with Crippen molar-refractivity contribution in [2.45, 2.75) is 51.3 Å². The molecule has 1 aliphatic rings. The minimum atomic E-state index is -2.46. The monoisotopic (exact) mass is 507 g/mol. The predicted octanol–water partition coefficient (Wildman–Crippen LogP) is 5.99. The average molecular weight is 509 g/mol. The van der Waals surface area contributed by atoms with Gasteiger partial charge in [-0.15, -0.1) is 0 Å². The van der Waals surface area contributed by atoms with Crippen LogP contribution >= 0.6 is 15.9 Å². The quantitative estimate of drug-likeness (QED) is 0.380. The fourth-order valence-electron chi connectivity index (χ4n) is 4.97. The van der Waals surface area contributed by atoms with Crippen molar-refractivity contribution >= 4 is 34.6 Å². The van der Waals surface area contributed by atoms with Crippen molar-refractivity contribution in [3.8, 4) is 0 Å². The first-order valence-electron chi connectivity index (χ1n) is 11.6. The molecule has 0 saturated carbocycles. The molecule has 1 heterocycles. The molecule has 3 aromatic carbocycles. The Kier molecular flexibility index (Phi) is 7.36. The van der Waals surface area contributed by atoms with Gasteiger partial charge in [-0.25, -0.2) is 0 Å². The summed E-state index contributed by atoms with van der Waals surface area (Å²) in [6.45, 7) is 10.3. The van der Waals surface area contributed by atoms with E-state index in [0.717, 1.165) is 36.9 Å². The molecule has 0 amide bonds. The summed E-state index contributed by atoms with van der Waals surface area (Å²) < 4.78 is 8.47. The van der Waals surface area contributed by atoms with Crippen molar-refractivity contribution in [1.82, 2.24) is 4.90 Å². The van der Waals surface area contributed by atoms with Gasteiger partial charge in [-0.1, -0.05) is 109 Å². The smallest absolute Gasteiger partial charge is 0.261 e. The Morgan fingerprint density at radius 3 is 1.78 bits per heavy atom. The Hall–Kier alpha value is -1.72.